The van der Waals surface area contributed by atoms with E-state index in [0.29, 0.717) is 0 Å². The molecule has 0 radical (unpaired) electrons. The zero-order chi connectivity index (χ0) is 16.4. The fraction of sp³-hybridized carbons (Fsp3) is 0.250. The molecule has 0 bridgehead atoms. The first-order chi connectivity index (χ1) is 11.1. The highest BCUT2D eigenvalue weighted by Gasteiger charge is 2.16. The predicted molar refractivity (Wildman–Crippen MR) is 102 cm³/mol. The molecule has 0 unspecified atom stereocenters. The summed E-state index contributed by atoms with van der Waals surface area (Å²) in [5, 5.41) is 1.31. The Bertz CT molecular complexity index is 848. The summed E-state index contributed by atoms with van der Waals surface area (Å²) in [4.78, 5) is 2.12. The van der Waals surface area contributed by atoms with Gasteiger partial charge in [-0.05, 0) is 43.2 Å². The Labute approximate surface area is 165 Å². The summed E-state index contributed by atoms with van der Waals surface area (Å²) in [5.74, 6) is 0. The Morgan fingerprint density at radius 2 is 1.75 bits per heavy atom. The Kier molecular flexibility index (Phi) is 6.40. The van der Waals surface area contributed by atoms with Gasteiger partial charge in [-0.2, -0.15) is 4.57 Å². The van der Waals surface area contributed by atoms with E-state index in [1.807, 2.05) is 11.3 Å². The van der Waals surface area contributed by atoms with Gasteiger partial charge in [0.25, 0.3) is 5.01 Å². The molecule has 3 aromatic rings. The maximum absolute atomic E-state index is 2.39. The number of halogens is 1. The lowest BCUT2D eigenvalue weighted by atomic mass is 10.1. The molecular formula is C20H23IN2S. The van der Waals surface area contributed by atoms with E-state index in [1.165, 1.54) is 32.0 Å². The molecule has 0 aliphatic rings. The predicted octanol–water partition coefficient (Wildman–Crippen LogP) is 1.84. The molecule has 1 heterocycles. The molecule has 0 N–H and O–H groups in total. The van der Waals surface area contributed by atoms with Gasteiger partial charge in [0.05, 0.1) is 0 Å². The fourth-order valence-corrected chi connectivity index (χ4v) is 4.01. The third-order valence-corrected chi connectivity index (χ3v) is 5.24. The van der Waals surface area contributed by atoms with E-state index in [2.05, 4.69) is 92.0 Å². The molecule has 0 spiro atoms. The number of hydrogen-bond donors (Lipinski definition) is 0. The van der Waals surface area contributed by atoms with Gasteiger partial charge >= 0.3 is 0 Å². The monoisotopic (exact) mass is 450 g/mol. The molecule has 0 fully saturated rings. The van der Waals surface area contributed by atoms with Crippen molar-refractivity contribution in [2.75, 3.05) is 19.0 Å². The molecular weight excluding hydrogens is 427 g/mol. The van der Waals surface area contributed by atoms with Crippen LogP contribution < -0.4 is 33.4 Å². The van der Waals surface area contributed by atoms with Gasteiger partial charge < -0.3 is 28.9 Å². The summed E-state index contributed by atoms with van der Waals surface area (Å²) in [7, 11) is 4.14. The van der Waals surface area contributed by atoms with Crippen LogP contribution in [0.3, 0.4) is 0 Å². The average molecular weight is 450 g/mol. The van der Waals surface area contributed by atoms with E-state index >= 15 is 0 Å². The Hall–Kier alpha value is -1.40. The maximum atomic E-state index is 2.39. The highest BCUT2D eigenvalue weighted by Crippen LogP contribution is 2.25. The van der Waals surface area contributed by atoms with Crippen molar-refractivity contribution in [2.45, 2.75) is 20.4 Å². The molecule has 0 saturated heterocycles. The third-order valence-electron chi connectivity index (χ3n) is 4.13. The molecule has 126 valence electrons. The number of nitrogens with zero attached hydrogens (tertiary/aromatic N) is 2. The largest absolute Gasteiger partial charge is 1.00 e. The second kappa shape index (κ2) is 8.12. The van der Waals surface area contributed by atoms with E-state index in [-0.39, 0.29) is 24.0 Å². The molecule has 2 aromatic carbocycles. The SMILES string of the molecule is CC[n+]1c(C=C(C)c2ccc(N(C)C)cc2)sc2ccccc21.[I-]. The minimum atomic E-state index is 0. The van der Waals surface area contributed by atoms with Gasteiger partial charge in [-0.15, -0.1) is 0 Å². The van der Waals surface area contributed by atoms with Gasteiger partial charge in [0.2, 0.25) is 5.52 Å². The number of thiazole rings is 1. The van der Waals surface area contributed by atoms with Crippen molar-refractivity contribution in [3.05, 3.63) is 59.1 Å². The van der Waals surface area contributed by atoms with Gasteiger partial charge in [-0.3, -0.25) is 0 Å². The first-order valence-electron chi connectivity index (χ1n) is 7.97. The number of aryl methyl sites for hydroxylation is 1. The van der Waals surface area contributed by atoms with Crippen LogP contribution >= 0.6 is 11.3 Å². The van der Waals surface area contributed by atoms with Crippen LogP contribution in [0, 0.1) is 0 Å². The van der Waals surface area contributed by atoms with Crippen LogP contribution in [0.1, 0.15) is 24.4 Å². The molecule has 24 heavy (non-hydrogen) atoms. The Balaban J connectivity index is 0.00000208. The van der Waals surface area contributed by atoms with Crippen LogP contribution in [0.15, 0.2) is 48.5 Å². The average Bonchev–Trinajstić information content (AvgIpc) is 2.91. The van der Waals surface area contributed by atoms with E-state index < -0.39 is 0 Å². The van der Waals surface area contributed by atoms with Crippen molar-refractivity contribution in [1.82, 2.24) is 0 Å². The van der Waals surface area contributed by atoms with Crippen molar-refractivity contribution >= 4 is 38.9 Å². The maximum Gasteiger partial charge on any atom is 0.263 e. The number of rotatable bonds is 4. The van der Waals surface area contributed by atoms with Crippen molar-refractivity contribution in [1.29, 1.82) is 0 Å². The lowest BCUT2D eigenvalue weighted by molar-refractivity contribution is -0.665. The van der Waals surface area contributed by atoms with Crippen LogP contribution in [-0.2, 0) is 6.54 Å². The van der Waals surface area contributed by atoms with E-state index in [4.69, 9.17) is 0 Å². The molecule has 4 heteroatoms. The van der Waals surface area contributed by atoms with Gasteiger partial charge in [0, 0.05) is 31.9 Å². The zero-order valence-electron chi connectivity index (χ0n) is 14.6. The number of fused-ring (bicyclic) bond motifs is 1. The summed E-state index contributed by atoms with van der Waals surface area (Å²) in [6.45, 7) is 5.38. The number of para-hydroxylation sites is 1. The molecule has 0 saturated carbocycles. The van der Waals surface area contributed by atoms with Crippen molar-refractivity contribution < 1.29 is 28.5 Å². The van der Waals surface area contributed by atoms with Gasteiger partial charge in [0.1, 0.15) is 11.2 Å². The van der Waals surface area contributed by atoms with Gasteiger partial charge in [-0.25, -0.2) is 0 Å². The van der Waals surface area contributed by atoms with Crippen LogP contribution in [0.4, 0.5) is 5.69 Å². The van der Waals surface area contributed by atoms with Crippen molar-refractivity contribution in [3.8, 4) is 0 Å². The summed E-state index contributed by atoms with van der Waals surface area (Å²) in [5.41, 5.74) is 5.12. The number of benzene rings is 2. The van der Waals surface area contributed by atoms with E-state index in [1.54, 1.807) is 0 Å². The van der Waals surface area contributed by atoms with Crippen LogP contribution in [0.25, 0.3) is 21.9 Å². The standard InChI is InChI=1S/C20H23N2S.HI/c1-5-22-18-8-6-7-9-19(18)23-20(22)14-15(2)16-10-12-17(13-11-16)21(3)4;/h6-14H,5H2,1-4H3;1H/q+1;/p-1. The summed E-state index contributed by atoms with van der Waals surface area (Å²) < 4.78 is 3.73. The number of anilines is 1. The third kappa shape index (κ3) is 3.81. The topological polar surface area (TPSA) is 7.12 Å². The summed E-state index contributed by atoms with van der Waals surface area (Å²) in [6, 6.07) is 17.4. The van der Waals surface area contributed by atoms with Crippen molar-refractivity contribution in [2.24, 2.45) is 0 Å². The molecule has 0 amide bonds. The summed E-state index contributed by atoms with van der Waals surface area (Å²) >= 11 is 1.86. The highest BCUT2D eigenvalue weighted by atomic mass is 127. The smallest absolute Gasteiger partial charge is 0.263 e. The van der Waals surface area contributed by atoms with Crippen molar-refractivity contribution in [3.63, 3.8) is 0 Å². The Morgan fingerprint density at radius 3 is 2.38 bits per heavy atom. The molecule has 3 rings (SSSR count). The molecule has 0 aliphatic carbocycles. The van der Waals surface area contributed by atoms with Crippen LogP contribution in [-0.4, -0.2) is 14.1 Å². The second-order valence-electron chi connectivity index (χ2n) is 5.92. The lowest BCUT2D eigenvalue weighted by Crippen LogP contribution is -3.00. The Morgan fingerprint density at radius 1 is 1.08 bits per heavy atom. The van der Waals surface area contributed by atoms with Gasteiger partial charge in [-0.1, -0.05) is 35.6 Å². The molecule has 0 aliphatic heterocycles. The number of hydrogen-bond acceptors (Lipinski definition) is 2. The number of allylic oxidation sites excluding steroid dienone is 1. The second-order valence-corrected chi connectivity index (χ2v) is 6.98. The molecule has 0 atom stereocenters. The summed E-state index contributed by atoms with van der Waals surface area (Å²) in [6.07, 6.45) is 2.30. The molecule has 2 nitrogen and oxygen atoms in total. The lowest BCUT2D eigenvalue weighted by Gasteiger charge is -2.12. The molecule has 1 aromatic heterocycles. The minimum absolute atomic E-state index is 0. The quantitative estimate of drug-likeness (QED) is 0.435. The fourth-order valence-electron chi connectivity index (χ4n) is 2.78. The minimum Gasteiger partial charge on any atom is -1.00 e. The van der Waals surface area contributed by atoms with E-state index in [0.717, 1.165) is 6.54 Å². The zero-order valence-corrected chi connectivity index (χ0v) is 17.6. The van der Waals surface area contributed by atoms with Crippen LogP contribution in [0.5, 0.6) is 0 Å². The van der Waals surface area contributed by atoms with Crippen LogP contribution in [0.2, 0.25) is 0 Å². The van der Waals surface area contributed by atoms with Gasteiger partial charge in [0.15, 0.2) is 0 Å². The first kappa shape index (κ1) is 18.9. The first-order valence-corrected chi connectivity index (χ1v) is 8.79. The number of aromatic nitrogens is 1. The normalized spacial score (nSPS) is 11.4. The van der Waals surface area contributed by atoms with E-state index in [9.17, 15) is 0 Å². The highest BCUT2D eigenvalue weighted by molar-refractivity contribution is 7.18.